The Bertz CT molecular complexity index is 1210. The molecule has 31 heavy (non-hydrogen) atoms. The molecule has 1 atom stereocenters. The van der Waals surface area contributed by atoms with Crippen LogP contribution in [0.5, 0.6) is 0 Å². The van der Waals surface area contributed by atoms with Crippen LogP contribution in [0.15, 0.2) is 84.4 Å². The number of hydrogen-bond donors (Lipinski definition) is 2. The number of rotatable bonds is 4. The minimum absolute atomic E-state index is 0.00949. The molecular weight excluding hydrogens is 394 g/mol. The summed E-state index contributed by atoms with van der Waals surface area (Å²) < 4.78 is 0. The number of aliphatic hydroxyl groups is 1. The quantitative estimate of drug-likeness (QED) is 0.377. The lowest BCUT2D eigenvalue weighted by atomic mass is 9.95. The van der Waals surface area contributed by atoms with Crippen LogP contribution in [-0.2, 0) is 9.59 Å². The number of carboxylic acid groups (broad SMARTS) is 1. The molecule has 1 aliphatic rings. The van der Waals surface area contributed by atoms with E-state index in [4.69, 9.17) is 0 Å². The van der Waals surface area contributed by atoms with Gasteiger partial charge in [0.15, 0.2) is 0 Å². The number of benzene rings is 3. The maximum absolute atomic E-state index is 13.1. The van der Waals surface area contributed by atoms with Crippen molar-refractivity contribution in [3.8, 4) is 0 Å². The van der Waals surface area contributed by atoms with Crippen molar-refractivity contribution in [1.82, 2.24) is 0 Å². The third-order valence-corrected chi connectivity index (χ3v) is 5.26. The molecule has 3 aromatic carbocycles. The number of carboxylic acids is 1. The summed E-state index contributed by atoms with van der Waals surface area (Å²) in [7, 11) is 0. The molecule has 0 spiro atoms. The Balaban J connectivity index is 1.94. The number of aryl methyl sites for hydroxylation is 1. The number of carbonyl (C=O) groups excluding carboxylic acids is 2. The van der Waals surface area contributed by atoms with Gasteiger partial charge in [0.2, 0.25) is 0 Å². The minimum atomic E-state index is -1.14. The van der Waals surface area contributed by atoms with Crippen molar-refractivity contribution in [2.24, 2.45) is 0 Å². The van der Waals surface area contributed by atoms with Gasteiger partial charge in [-0.05, 0) is 30.7 Å². The molecule has 0 saturated carbocycles. The zero-order chi connectivity index (χ0) is 22.1. The van der Waals surface area contributed by atoms with Crippen LogP contribution in [0.25, 0.3) is 5.76 Å². The molecule has 0 aliphatic carbocycles. The Morgan fingerprint density at radius 3 is 2.16 bits per heavy atom. The third-order valence-electron chi connectivity index (χ3n) is 5.26. The maximum Gasteiger partial charge on any atom is 0.335 e. The molecule has 2 N–H and O–H groups in total. The van der Waals surface area contributed by atoms with E-state index in [0.29, 0.717) is 11.1 Å². The van der Waals surface area contributed by atoms with Gasteiger partial charge in [0.1, 0.15) is 5.76 Å². The van der Waals surface area contributed by atoms with Crippen molar-refractivity contribution in [3.05, 3.63) is 107 Å². The second kappa shape index (κ2) is 7.91. The molecule has 3 aromatic rings. The molecule has 1 heterocycles. The van der Waals surface area contributed by atoms with Crippen molar-refractivity contribution >= 4 is 29.1 Å². The Morgan fingerprint density at radius 2 is 1.52 bits per heavy atom. The number of amides is 1. The van der Waals surface area contributed by atoms with E-state index < -0.39 is 23.7 Å². The first-order chi connectivity index (χ1) is 14.9. The van der Waals surface area contributed by atoms with Crippen LogP contribution in [0.1, 0.15) is 33.1 Å². The number of ketones is 1. The highest BCUT2D eigenvalue weighted by molar-refractivity contribution is 6.51. The van der Waals surface area contributed by atoms with Gasteiger partial charge in [0.05, 0.1) is 17.2 Å². The number of Topliss-reactive ketones (excluding diaryl/α,β-unsaturated/α-hetero) is 1. The fourth-order valence-corrected chi connectivity index (χ4v) is 3.71. The van der Waals surface area contributed by atoms with Gasteiger partial charge in [0.25, 0.3) is 11.7 Å². The second-order valence-electron chi connectivity index (χ2n) is 7.30. The summed E-state index contributed by atoms with van der Waals surface area (Å²) in [6, 6.07) is 20.8. The van der Waals surface area contributed by atoms with E-state index in [1.54, 1.807) is 60.7 Å². The normalized spacial score (nSPS) is 17.7. The summed E-state index contributed by atoms with van der Waals surface area (Å²) in [6.07, 6.45) is 0. The van der Waals surface area contributed by atoms with Gasteiger partial charge in [-0.15, -0.1) is 0 Å². The Hall–Kier alpha value is -4.19. The van der Waals surface area contributed by atoms with Crippen molar-refractivity contribution in [2.45, 2.75) is 13.0 Å². The Morgan fingerprint density at radius 1 is 0.839 bits per heavy atom. The van der Waals surface area contributed by atoms with Crippen molar-refractivity contribution in [1.29, 1.82) is 0 Å². The van der Waals surface area contributed by atoms with Gasteiger partial charge < -0.3 is 10.2 Å². The summed E-state index contributed by atoms with van der Waals surface area (Å²) in [6.45, 7) is 1.90. The largest absolute Gasteiger partial charge is 0.507 e. The fourth-order valence-electron chi connectivity index (χ4n) is 3.71. The van der Waals surface area contributed by atoms with Crippen LogP contribution in [0, 0.1) is 6.92 Å². The lowest BCUT2D eigenvalue weighted by Crippen LogP contribution is -2.29. The summed E-state index contributed by atoms with van der Waals surface area (Å²) >= 11 is 0. The predicted octanol–water partition coefficient (Wildman–Crippen LogP) is 4.32. The summed E-state index contributed by atoms with van der Waals surface area (Å²) in [4.78, 5) is 38.8. The highest BCUT2D eigenvalue weighted by Crippen LogP contribution is 2.42. The third kappa shape index (κ3) is 3.59. The number of nitrogens with zero attached hydrogens (tertiary/aromatic N) is 1. The lowest BCUT2D eigenvalue weighted by molar-refractivity contribution is -0.132. The van der Waals surface area contributed by atoms with E-state index in [2.05, 4.69) is 0 Å². The smallest absolute Gasteiger partial charge is 0.335 e. The van der Waals surface area contributed by atoms with Crippen molar-refractivity contribution < 1.29 is 24.6 Å². The topological polar surface area (TPSA) is 94.9 Å². The van der Waals surface area contributed by atoms with E-state index in [1.165, 1.54) is 23.1 Å². The summed E-state index contributed by atoms with van der Waals surface area (Å²) in [5.74, 6) is -3.07. The number of aromatic carboxylic acids is 1. The van der Waals surface area contributed by atoms with E-state index in [0.717, 1.165) is 5.56 Å². The van der Waals surface area contributed by atoms with E-state index in [1.807, 2.05) is 6.92 Å². The van der Waals surface area contributed by atoms with Crippen molar-refractivity contribution in [2.75, 3.05) is 4.90 Å². The van der Waals surface area contributed by atoms with Gasteiger partial charge in [-0.1, -0.05) is 66.2 Å². The first-order valence-corrected chi connectivity index (χ1v) is 9.65. The number of hydrogen-bond acceptors (Lipinski definition) is 4. The van der Waals surface area contributed by atoms with Crippen LogP contribution in [0.4, 0.5) is 5.69 Å². The van der Waals surface area contributed by atoms with Crippen LogP contribution < -0.4 is 4.90 Å². The fraction of sp³-hybridized carbons (Fsp3) is 0.0800. The highest BCUT2D eigenvalue weighted by Gasteiger charge is 2.47. The van der Waals surface area contributed by atoms with E-state index in [-0.39, 0.29) is 22.6 Å². The molecule has 1 fully saturated rings. The molecule has 0 bridgehead atoms. The van der Waals surface area contributed by atoms with Crippen LogP contribution in [0.3, 0.4) is 0 Å². The van der Waals surface area contributed by atoms with Crippen LogP contribution >= 0.6 is 0 Å². The average Bonchev–Trinajstić information content (AvgIpc) is 3.05. The summed E-state index contributed by atoms with van der Waals surface area (Å²) in [5, 5.41) is 20.4. The van der Waals surface area contributed by atoms with Gasteiger partial charge in [0, 0.05) is 11.3 Å². The molecule has 1 amide bonds. The standard InChI is InChI=1S/C25H19NO5/c1-15-10-12-17(13-11-15)22(27)20-21(16-6-3-2-4-7-16)26(24(29)23(20)28)19-9-5-8-18(14-19)25(30)31/h2-14,21,27H,1H3,(H,30,31)/t21-/m1/s1. The second-order valence-corrected chi connectivity index (χ2v) is 7.30. The molecule has 6 heteroatoms. The first kappa shape index (κ1) is 20.1. The molecule has 1 aliphatic heterocycles. The Kier molecular flexibility index (Phi) is 5.13. The predicted molar refractivity (Wildman–Crippen MR) is 116 cm³/mol. The minimum Gasteiger partial charge on any atom is -0.507 e. The van der Waals surface area contributed by atoms with Gasteiger partial charge in [-0.25, -0.2) is 4.79 Å². The Labute approximate surface area is 178 Å². The number of aliphatic hydroxyl groups excluding tert-OH is 1. The molecule has 0 unspecified atom stereocenters. The SMILES string of the molecule is Cc1ccc(C(O)=C2C(=O)C(=O)N(c3cccc(C(=O)O)c3)[C@@H]2c2ccccc2)cc1. The molecule has 154 valence electrons. The lowest BCUT2D eigenvalue weighted by Gasteiger charge is -2.25. The van der Waals surface area contributed by atoms with Crippen LogP contribution in [-0.4, -0.2) is 27.9 Å². The zero-order valence-corrected chi connectivity index (χ0v) is 16.6. The molecular formula is C25H19NO5. The van der Waals surface area contributed by atoms with Gasteiger partial charge in [-0.2, -0.15) is 0 Å². The zero-order valence-electron chi connectivity index (χ0n) is 16.6. The first-order valence-electron chi connectivity index (χ1n) is 9.65. The monoisotopic (exact) mass is 413 g/mol. The highest BCUT2D eigenvalue weighted by atomic mass is 16.4. The molecule has 0 radical (unpaired) electrons. The van der Waals surface area contributed by atoms with Crippen molar-refractivity contribution in [3.63, 3.8) is 0 Å². The van der Waals surface area contributed by atoms with Gasteiger partial charge >= 0.3 is 5.97 Å². The van der Waals surface area contributed by atoms with Crippen LogP contribution in [0.2, 0.25) is 0 Å². The van der Waals surface area contributed by atoms with E-state index >= 15 is 0 Å². The average molecular weight is 413 g/mol. The molecule has 1 saturated heterocycles. The molecule has 6 nitrogen and oxygen atoms in total. The van der Waals surface area contributed by atoms with E-state index in [9.17, 15) is 24.6 Å². The maximum atomic E-state index is 13.1. The molecule has 4 rings (SSSR count). The molecule has 0 aromatic heterocycles. The number of anilines is 1. The van der Waals surface area contributed by atoms with Gasteiger partial charge in [-0.3, -0.25) is 14.5 Å². The summed E-state index contributed by atoms with van der Waals surface area (Å²) in [5.41, 5.74) is 2.24. The number of carbonyl (C=O) groups is 3.